The molecule has 0 aromatic heterocycles. The molecular weight excluding hydrogens is 679 g/mol. The highest BCUT2D eigenvalue weighted by atomic mass is 32.2. The van der Waals surface area contributed by atoms with Crippen LogP contribution in [0.15, 0.2) is 72.0 Å². The van der Waals surface area contributed by atoms with Crippen LogP contribution in [0.25, 0.3) is 0 Å². The van der Waals surface area contributed by atoms with E-state index in [-0.39, 0.29) is 0 Å². The number of thioether (sulfide) groups is 1. The molecule has 4 N–H and O–H groups in total. The number of allylic oxidation sites excluding steroid dienone is 7. The van der Waals surface area contributed by atoms with Crippen molar-refractivity contribution in [2.75, 3.05) is 26.1 Å². The van der Waals surface area contributed by atoms with E-state index in [9.17, 15) is 0 Å². The van der Waals surface area contributed by atoms with Crippen molar-refractivity contribution in [3.63, 3.8) is 0 Å². The van der Waals surface area contributed by atoms with Gasteiger partial charge in [0, 0.05) is 30.3 Å². The molecule has 0 amide bonds. The van der Waals surface area contributed by atoms with Crippen molar-refractivity contribution >= 4 is 11.8 Å². The van der Waals surface area contributed by atoms with Gasteiger partial charge in [-0.2, -0.15) is 0 Å². The Hall–Kier alpha value is -2.13. The van der Waals surface area contributed by atoms with Crippen LogP contribution < -0.4 is 16.0 Å². The van der Waals surface area contributed by atoms with Gasteiger partial charge in [-0.3, -0.25) is 0 Å². The predicted octanol–water partition coefficient (Wildman–Crippen LogP) is 15.3. The highest BCUT2D eigenvalue weighted by Gasteiger charge is 2.06. The molecule has 1 heterocycles. The predicted molar refractivity (Wildman–Crippen MR) is 260 cm³/mol. The van der Waals surface area contributed by atoms with Gasteiger partial charge < -0.3 is 21.1 Å². The highest BCUT2D eigenvalue weighted by Crippen LogP contribution is 2.17. The van der Waals surface area contributed by atoms with Crippen LogP contribution in [0.4, 0.5) is 0 Å². The van der Waals surface area contributed by atoms with Crippen LogP contribution >= 0.6 is 11.8 Å². The molecule has 324 valence electrons. The number of rotatable bonds is 17. The fourth-order valence-corrected chi connectivity index (χ4v) is 3.58. The second-order valence-electron chi connectivity index (χ2n) is 12.2. The van der Waals surface area contributed by atoms with Gasteiger partial charge in [0.1, 0.15) is 0 Å². The quantitative estimate of drug-likeness (QED) is 0.0673. The minimum absolute atomic E-state index is 0.319. The molecule has 0 aromatic carbocycles. The van der Waals surface area contributed by atoms with E-state index in [2.05, 4.69) is 167 Å². The summed E-state index contributed by atoms with van der Waals surface area (Å²) in [5.74, 6) is 5.03. The smallest absolute Gasteiger partial charge is 0.0650 e. The van der Waals surface area contributed by atoms with Gasteiger partial charge in [-0.1, -0.05) is 191 Å². The maximum atomic E-state index is 7.88. The van der Waals surface area contributed by atoms with Crippen molar-refractivity contribution in [1.82, 2.24) is 16.0 Å². The zero-order chi connectivity index (χ0) is 43.8. The summed E-state index contributed by atoms with van der Waals surface area (Å²) in [5.41, 5.74) is 1.24. The Morgan fingerprint density at radius 2 is 1.39 bits per heavy atom. The molecule has 0 spiro atoms. The number of unbranched alkanes of at least 4 members (excludes halogenated alkanes) is 3. The molecule has 54 heavy (non-hydrogen) atoms. The Labute approximate surface area is 348 Å². The molecule has 4 unspecified atom stereocenters. The van der Waals surface area contributed by atoms with Gasteiger partial charge >= 0.3 is 0 Å². The summed E-state index contributed by atoms with van der Waals surface area (Å²) < 4.78 is 0. The van der Waals surface area contributed by atoms with E-state index in [4.69, 9.17) is 5.11 Å². The first-order valence-corrected chi connectivity index (χ1v) is 22.7. The van der Waals surface area contributed by atoms with Crippen LogP contribution in [0, 0.1) is 30.1 Å². The average molecular weight is 780 g/mol. The van der Waals surface area contributed by atoms with Crippen molar-refractivity contribution in [3.05, 3.63) is 72.0 Å². The van der Waals surface area contributed by atoms with Gasteiger partial charge in [-0.15, -0.1) is 30.7 Å². The lowest BCUT2D eigenvalue weighted by Crippen LogP contribution is -2.27. The third-order valence-electron chi connectivity index (χ3n) is 6.87. The summed E-state index contributed by atoms with van der Waals surface area (Å²) in [6.07, 6.45) is 35.0. The van der Waals surface area contributed by atoms with Crippen LogP contribution in [0.2, 0.25) is 0 Å². The topological polar surface area (TPSA) is 56.3 Å². The summed E-state index contributed by atoms with van der Waals surface area (Å²) in [7, 11) is 2.00. The Kier molecular flexibility index (Phi) is 93.2. The summed E-state index contributed by atoms with van der Waals surface area (Å²) in [4.78, 5) is 1.36. The lowest BCUT2D eigenvalue weighted by molar-refractivity contribution is 0.295. The molecule has 0 saturated carbocycles. The third kappa shape index (κ3) is 78.8. The average Bonchev–Trinajstić information content (AvgIpc) is 3.73. The van der Waals surface area contributed by atoms with E-state index in [1.807, 2.05) is 59.5 Å². The maximum Gasteiger partial charge on any atom is 0.0650 e. The second kappa shape index (κ2) is 72.2. The van der Waals surface area contributed by atoms with E-state index in [0.717, 1.165) is 25.3 Å². The third-order valence-corrected chi connectivity index (χ3v) is 7.82. The molecule has 5 heteroatoms. The summed E-state index contributed by atoms with van der Waals surface area (Å²) >= 11 is 1.85. The first kappa shape index (κ1) is 69.7. The summed E-state index contributed by atoms with van der Waals surface area (Å²) in [6, 6.07) is 0.540. The van der Waals surface area contributed by atoms with Gasteiger partial charge in [0.25, 0.3) is 0 Å². The summed E-state index contributed by atoms with van der Waals surface area (Å²) in [5, 5.41) is 17.6. The number of terminal acetylenes is 1. The number of hydrogen-bond acceptors (Lipinski definition) is 5. The molecule has 0 aliphatic carbocycles. The molecule has 4 nitrogen and oxygen atoms in total. The number of nitrogens with one attached hydrogen (secondary N) is 3. The summed E-state index contributed by atoms with van der Waals surface area (Å²) in [6.45, 7) is 42.8. The second-order valence-corrected chi connectivity index (χ2v) is 13.3. The Bertz CT molecular complexity index is 813. The first-order chi connectivity index (χ1) is 25.9. The van der Waals surface area contributed by atoms with Gasteiger partial charge in [0.2, 0.25) is 0 Å². The molecule has 4 atom stereocenters. The lowest BCUT2D eigenvalue weighted by Gasteiger charge is -2.15. The highest BCUT2D eigenvalue weighted by molar-refractivity contribution is 8.03. The van der Waals surface area contributed by atoms with Crippen molar-refractivity contribution in [3.8, 4) is 12.3 Å². The molecule has 0 fully saturated rings. The lowest BCUT2D eigenvalue weighted by atomic mass is 9.99. The monoisotopic (exact) mass is 780 g/mol. The SMILES string of the molecule is C#CC.C=CC(/C=C\C(C)C(C)NC)CC.CC.CC.CCC.CCC(C)C=C/C=C\C(C)=C\NCC1=CNCS1.CCCC.CCCCC.CCCO. The van der Waals surface area contributed by atoms with E-state index in [0.29, 0.717) is 30.4 Å². The van der Waals surface area contributed by atoms with Gasteiger partial charge in [-0.05, 0) is 70.2 Å². The minimum Gasteiger partial charge on any atom is -0.396 e. The molecule has 0 aromatic rings. The van der Waals surface area contributed by atoms with Gasteiger partial charge in [0.15, 0.2) is 0 Å². The van der Waals surface area contributed by atoms with E-state index in [1.54, 1.807) is 6.92 Å². The fourth-order valence-electron chi connectivity index (χ4n) is 2.87. The number of aliphatic hydroxyl groups is 1. The molecule has 1 aliphatic rings. The van der Waals surface area contributed by atoms with Gasteiger partial charge in [0.05, 0.1) is 5.88 Å². The van der Waals surface area contributed by atoms with Crippen LogP contribution in [-0.4, -0.2) is 37.2 Å². The Balaban J connectivity index is -0.0000000852. The largest absolute Gasteiger partial charge is 0.396 e. The van der Waals surface area contributed by atoms with Crippen molar-refractivity contribution in [1.29, 1.82) is 0 Å². The molecule has 0 saturated heterocycles. The van der Waals surface area contributed by atoms with E-state index in [1.165, 1.54) is 55.4 Å². The number of aliphatic hydroxyl groups excluding tert-OH is 1. The van der Waals surface area contributed by atoms with Crippen molar-refractivity contribution < 1.29 is 5.11 Å². The van der Waals surface area contributed by atoms with Crippen LogP contribution in [0.3, 0.4) is 0 Å². The maximum absolute atomic E-state index is 7.88. The fraction of sp³-hybridized carbons (Fsp3) is 0.714. The number of hydrogen-bond donors (Lipinski definition) is 4. The molecule has 0 radical (unpaired) electrons. The Morgan fingerprint density at radius 3 is 1.70 bits per heavy atom. The molecule has 1 aliphatic heterocycles. The molecule has 0 bridgehead atoms. The first-order valence-electron chi connectivity index (χ1n) is 21.7. The van der Waals surface area contributed by atoms with Crippen molar-refractivity contribution in [2.24, 2.45) is 17.8 Å². The van der Waals surface area contributed by atoms with Gasteiger partial charge in [-0.25, -0.2) is 0 Å². The van der Waals surface area contributed by atoms with Crippen LogP contribution in [0.5, 0.6) is 0 Å². The normalized spacial score (nSPS) is 13.1. The van der Waals surface area contributed by atoms with Crippen LogP contribution in [0.1, 0.15) is 182 Å². The standard InChI is InChI=1S/C15H24N2S.C12H23N.C5H12.C4H10.C3H8O.C3H8.C3H4.2C2H6/c1-4-13(2)7-5-6-8-14(3)9-16-10-15-11-17-12-18-15;1-6-12(7-2)9-8-10(3)11(4)13-5;1-3-5-4-2;1-3-4-2;1-2-3-4;2*1-3-2;2*1-2/h5-9,11,13,16-17H,4,10,12H2,1-3H3;6,8-13H,1,7H2,2-5H3;3-5H2,1-2H3;3-4H2,1-2H3;4H,2-3H2,1H3;3H2,1-2H3;1H,2H3;2*1-2H3/b7-5?,8-6-,14-9+;9-8-;;;;;;;. The van der Waals surface area contributed by atoms with E-state index >= 15 is 0 Å². The zero-order valence-corrected chi connectivity index (χ0v) is 40.9. The molecule has 1 rings (SSSR count). The van der Waals surface area contributed by atoms with E-state index < -0.39 is 0 Å². The molecular formula is C49H101N3OS. The minimum atomic E-state index is 0.319. The van der Waals surface area contributed by atoms with Crippen molar-refractivity contribution in [2.45, 2.75) is 188 Å². The van der Waals surface area contributed by atoms with Crippen LogP contribution in [-0.2, 0) is 0 Å². The Morgan fingerprint density at radius 1 is 0.889 bits per heavy atom. The zero-order valence-electron chi connectivity index (χ0n) is 40.1.